The molecule has 1 saturated heterocycles. The Hall–Kier alpha value is -2.91. The van der Waals surface area contributed by atoms with E-state index in [0.717, 1.165) is 36.8 Å². The van der Waals surface area contributed by atoms with Crippen molar-refractivity contribution in [1.29, 1.82) is 0 Å². The van der Waals surface area contributed by atoms with Crippen molar-refractivity contribution in [2.45, 2.75) is 29.7 Å². The molecule has 5 rings (SSSR count). The maximum absolute atomic E-state index is 13.5. The zero-order valence-electron chi connectivity index (χ0n) is 16.6. The Morgan fingerprint density at radius 2 is 1.97 bits per heavy atom. The number of aryl methyl sites for hydroxylation is 1. The van der Waals surface area contributed by atoms with Gasteiger partial charge in [-0.3, -0.25) is 0 Å². The number of piperidine rings is 1. The molecular weight excluding hydrogens is 402 g/mol. The van der Waals surface area contributed by atoms with Crippen LogP contribution in [0.25, 0.3) is 22.1 Å². The maximum Gasteiger partial charge on any atom is 0.226 e. The Labute approximate surface area is 174 Å². The number of imidazole rings is 1. The average Bonchev–Trinajstić information content (AvgIpc) is 3.40. The largest absolute Gasteiger partial charge is 0.396 e. The smallest absolute Gasteiger partial charge is 0.226 e. The van der Waals surface area contributed by atoms with E-state index in [1.807, 2.05) is 16.8 Å². The summed E-state index contributed by atoms with van der Waals surface area (Å²) in [5, 5.41) is 12.4. The number of pyridine rings is 1. The molecule has 0 radical (unpaired) electrons. The van der Waals surface area contributed by atoms with Crippen LogP contribution in [-0.4, -0.2) is 52.8 Å². The van der Waals surface area contributed by atoms with E-state index in [1.165, 1.54) is 0 Å². The second kappa shape index (κ2) is 7.10. The van der Waals surface area contributed by atoms with Crippen LogP contribution in [0, 0.1) is 12.8 Å². The van der Waals surface area contributed by atoms with Crippen LogP contribution in [0.5, 0.6) is 0 Å². The number of fused-ring (bicyclic) bond motifs is 3. The van der Waals surface area contributed by atoms with Gasteiger partial charge in [0.1, 0.15) is 23.0 Å². The van der Waals surface area contributed by atoms with Gasteiger partial charge in [-0.25, -0.2) is 23.1 Å². The van der Waals surface area contributed by atoms with Crippen LogP contribution in [0.1, 0.15) is 18.4 Å². The minimum absolute atomic E-state index is 0.0363. The number of hydrogen-bond acceptors (Lipinski definition) is 6. The Balaban J connectivity index is 1.71. The van der Waals surface area contributed by atoms with E-state index in [9.17, 15) is 13.5 Å². The number of sulfone groups is 1. The van der Waals surface area contributed by atoms with Crippen LogP contribution in [-0.2, 0) is 9.84 Å². The third-order valence-corrected chi connectivity index (χ3v) is 7.77. The van der Waals surface area contributed by atoms with Crippen LogP contribution < -0.4 is 5.01 Å². The standard InChI is InChI=1S/C21H23N5O3S/c1-14-4-2-3-5-17(14)30(28,29)21-18-19(16-6-9-22-20(16)24-21)26(13-23-18)25-10-7-15(12-27)8-11-25/h2-6,9,13,15,27H,7-8,10-12H2,1H3,(H,22,24). The van der Waals surface area contributed by atoms with Crippen molar-refractivity contribution in [2.24, 2.45) is 5.92 Å². The molecule has 0 saturated carbocycles. The highest BCUT2D eigenvalue weighted by Crippen LogP contribution is 2.32. The summed E-state index contributed by atoms with van der Waals surface area (Å²) in [7, 11) is -3.85. The topological polar surface area (TPSA) is 104 Å². The van der Waals surface area contributed by atoms with Gasteiger partial charge in [-0.15, -0.1) is 0 Å². The summed E-state index contributed by atoms with van der Waals surface area (Å²) in [6.45, 7) is 3.51. The number of aliphatic hydroxyl groups excluding tert-OH is 1. The van der Waals surface area contributed by atoms with Crippen LogP contribution in [0.2, 0.25) is 0 Å². The average molecular weight is 426 g/mol. The molecule has 0 bridgehead atoms. The first-order chi connectivity index (χ1) is 14.5. The molecule has 0 atom stereocenters. The molecule has 0 spiro atoms. The van der Waals surface area contributed by atoms with Crippen LogP contribution in [0.3, 0.4) is 0 Å². The van der Waals surface area contributed by atoms with Gasteiger partial charge in [-0.2, -0.15) is 0 Å². The van der Waals surface area contributed by atoms with Crippen LogP contribution in [0.4, 0.5) is 0 Å². The molecule has 0 unspecified atom stereocenters. The van der Waals surface area contributed by atoms with Crippen molar-refractivity contribution in [2.75, 3.05) is 24.7 Å². The zero-order valence-corrected chi connectivity index (χ0v) is 17.4. The van der Waals surface area contributed by atoms with Crippen molar-refractivity contribution >= 4 is 31.9 Å². The number of aliphatic hydroxyl groups is 1. The normalized spacial score (nSPS) is 16.0. The van der Waals surface area contributed by atoms with E-state index in [4.69, 9.17) is 0 Å². The summed E-state index contributed by atoms with van der Waals surface area (Å²) in [5.74, 6) is 0.307. The predicted octanol–water partition coefficient (Wildman–Crippen LogP) is 2.39. The number of aromatic amines is 1. The monoisotopic (exact) mass is 425 g/mol. The Kier molecular flexibility index (Phi) is 4.52. The highest BCUT2D eigenvalue weighted by Gasteiger charge is 2.29. The molecule has 30 heavy (non-hydrogen) atoms. The lowest BCUT2D eigenvalue weighted by Crippen LogP contribution is -2.41. The summed E-state index contributed by atoms with van der Waals surface area (Å²) in [6, 6.07) is 8.81. The SMILES string of the molecule is Cc1ccccc1S(=O)(=O)c1nc2[nH]ccc2c2c1ncn2N1CCC(CO)CC1. The summed E-state index contributed by atoms with van der Waals surface area (Å²) in [5.41, 5.74) is 2.29. The van der Waals surface area contributed by atoms with E-state index in [1.54, 1.807) is 37.6 Å². The number of hydrogen-bond donors (Lipinski definition) is 2. The number of benzene rings is 1. The number of aromatic nitrogens is 4. The third kappa shape index (κ3) is 2.88. The van der Waals surface area contributed by atoms with E-state index < -0.39 is 9.84 Å². The molecule has 9 heteroatoms. The first-order valence-electron chi connectivity index (χ1n) is 10.0. The van der Waals surface area contributed by atoms with Gasteiger partial charge in [0, 0.05) is 31.3 Å². The van der Waals surface area contributed by atoms with Gasteiger partial charge in [0.15, 0.2) is 5.03 Å². The molecule has 1 aliphatic rings. The Bertz CT molecular complexity index is 1330. The van der Waals surface area contributed by atoms with E-state index >= 15 is 0 Å². The molecule has 2 N–H and O–H groups in total. The second-order valence-electron chi connectivity index (χ2n) is 7.79. The van der Waals surface area contributed by atoms with Gasteiger partial charge < -0.3 is 15.1 Å². The van der Waals surface area contributed by atoms with Crippen molar-refractivity contribution in [3.05, 3.63) is 48.4 Å². The Morgan fingerprint density at radius 1 is 1.20 bits per heavy atom. The minimum atomic E-state index is -3.85. The van der Waals surface area contributed by atoms with Gasteiger partial charge in [-0.05, 0) is 43.4 Å². The minimum Gasteiger partial charge on any atom is -0.396 e. The van der Waals surface area contributed by atoms with Crippen LogP contribution >= 0.6 is 0 Å². The van der Waals surface area contributed by atoms with E-state index in [0.29, 0.717) is 22.6 Å². The van der Waals surface area contributed by atoms with E-state index in [-0.39, 0.29) is 16.5 Å². The highest BCUT2D eigenvalue weighted by molar-refractivity contribution is 7.91. The summed E-state index contributed by atoms with van der Waals surface area (Å²) in [4.78, 5) is 12.3. The maximum atomic E-state index is 13.5. The fourth-order valence-electron chi connectivity index (χ4n) is 4.23. The van der Waals surface area contributed by atoms with Crippen LogP contribution in [0.15, 0.2) is 52.8 Å². The van der Waals surface area contributed by atoms with Gasteiger partial charge in [0.2, 0.25) is 9.84 Å². The molecule has 4 heterocycles. The molecule has 0 aliphatic carbocycles. The molecule has 8 nitrogen and oxygen atoms in total. The second-order valence-corrected chi connectivity index (χ2v) is 9.63. The predicted molar refractivity (Wildman–Crippen MR) is 114 cm³/mol. The summed E-state index contributed by atoms with van der Waals surface area (Å²) >= 11 is 0. The molecule has 1 aromatic carbocycles. The van der Waals surface area contributed by atoms with Gasteiger partial charge >= 0.3 is 0 Å². The first kappa shape index (κ1) is 19.1. The zero-order chi connectivity index (χ0) is 20.9. The molecule has 0 amide bonds. The molecule has 1 fully saturated rings. The van der Waals surface area contributed by atoms with Crippen molar-refractivity contribution in [1.82, 2.24) is 19.6 Å². The quantitative estimate of drug-likeness (QED) is 0.520. The van der Waals surface area contributed by atoms with Gasteiger partial charge in [0.05, 0.1) is 4.90 Å². The molecule has 4 aromatic rings. The highest BCUT2D eigenvalue weighted by atomic mass is 32.2. The first-order valence-corrected chi connectivity index (χ1v) is 11.5. The third-order valence-electron chi connectivity index (χ3n) is 5.94. The Morgan fingerprint density at radius 3 is 2.70 bits per heavy atom. The van der Waals surface area contributed by atoms with Crippen molar-refractivity contribution in [3.8, 4) is 0 Å². The lowest BCUT2D eigenvalue weighted by atomic mass is 9.99. The van der Waals surface area contributed by atoms with Gasteiger partial charge in [-0.1, -0.05) is 18.2 Å². The lowest BCUT2D eigenvalue weighted by Gasteiger charge is -2.33. The summed E-state index contributed by atoms with van der Waals surface area (Å²) in [6.07, 6.45) is 5.20. The van der Waals surface area contributed by atoms with Crippen molar-refractivity contribution < 1.29 is 13.5 Å². The van der Waals surface area contributed by atoms with Gasteiger partial charge in [0.25, 0.3) is 0 Å². The number of H-pyrrole nitrogens is 1. The fraction of sp³-hybridized carbons (Fsp3) is 0.333. The fourth-order valence-corrected chi connectivity index (χ4v) is 5.80. The van der Waals surface area contributed by atoms with Crippen molar-refractivity contribution in [3.63, 3.8) is 0 Å². The number of nitrogens with one attached hydrogen (secondary N) is 1. The lowest BCUT2D eigenvalue weighted by molar-refractivity contribution is 0.196. The number of rotatable bonds is 4. The molecular formula is C21H23N5O3S. The van der Waals surface area contributed by atoms with E-state index in [2.05, 4.69) is 20.0 Å². The molecule has 156 valence electrons. The summed E-state index contributed by atoms with van der Waals surface area (Å²) < 4.78 is 29.0. The molecule has 1 aliphatic heterocycles. The molecule has 3 aromatic heterocycles. The number of nitrogens with zero attached hydrogens (tertiary/aromatic N) is 4.